The highest BCUT2D eigenvalue weighted by atomic mass is 16.7. The molecule has 9 rings (SSSR count). The van der Waals surface area contributed by atoms with Crippen molar-refractivity contribution in [3.8, 4) is 5.75 Å². The average Bonchev–Trinajstić information content (AvgIpc) is 3.26. The van der Waals surface area contributed by atoms with Gasteiger partial charge in [0.1, 0.15) is 30.2 Å². The molecule has 6 aromatic rings. The number of fused-ring (bicyclic) bond motifs is 2. The predicted octanol–water partition coefficient (Wildman–Crippen LogP) is 7.23. The molecule has 0 spiro atoms. The van der Waals surface area contributed by atoms with Crippen molar-refractivity contribution >= 4 is 72.4 Å². The van der Waals surface area contributed by atoms with Crippen molar-refractivity contribution in [1.29, 1.82) is 0 Å². The monoisotopic (exact) mass is 812 g/mol. The smallest absolute Gasteiger partial charge is 0.265 e. The molecule has 0 unspecified atom stereocenters. The molecule has 4 amide bonds. The number of amides is 4. The second kappa shape index (κ2) is 16.2. The molecule has 12 nitrogen and oxygen atoms in total. The van der Waals surface area contributed by atoms with E-state index in [1.165, 1.54) is 74.1 Å². The van der Waals surface area contributed by atoms with Crippen LogP contribution in [0.2, 0.25) is 0 Å². The number of hydrogen-bond acceptors (Lipinski definition) is 10. The number of aliphatic hydroxyl groups is 4. The van der Waals surface area contributed by atoms with Crippen LogP contribution in [0.25, 0.3) is 43.1 Å². The molecule has 0 bridgehead atoms. The van der Waals surface area contributed by atoms with E-state index >= 15 is 0 Å². The number of anilines is 1. The molecule has 0 aliphatic carbocycles. The van der Waals surface area contributed by atoms with Gasteiger partial charge in [0.15, 0.2) is 0 Å². The summed E-state index contributed by atoms with van der Waals surface area (Å²) in [5.74, 6) is -1.43. The maximum absolute atomic E-state index is 14.2. The van der Waals surface area contributed by atoms with Crippen LogP contribution in [0.15, 0.2) is 72.8 Å². The van der Waals surface area contributed by atoms with Gasteiger partial charge in [-0.05, 0) is 87.3 Å². The van der Waals surface area contributed by atoms with Crippen molar-refractivity contribution in [2.24, 2.45) is 0 Å². The number of benzene rings is 6. The predicted molar refractivity (Wildman–Crippen MR) is 227 cm³/mol. The molecule has 0 radical (unpaired) electrons. The average molecular weight is 813 g/mol. The molecule has 4 N–H and O–H groups in total. The lowest BCUT2D eigenvalue weighted by atomic mass is 9.82. The van der Waals surface area contributed by atoms with Gasteiger partial charge in [-0.1, -0.05) is 89.0 Å². The quantitative estimate of drug-likeness (QED) is 0.0359. The van der Waals surface area contributed by atoms with E-state index in [0.717, 1.165) is 56.5 Å². The topological polar surface area (TPSA) is 174 Å². The van der Waals surface area contributed by atoms with E-state index in [9.17, 15) is 39.6 Å². The summed E-state index contributed by atoms with van der Waals surface area (Å²) in [6.07, 6.45) is 4.31. The number of carbonyl (C=O) groups is 4. The fourth-order valence-electron chi connectivity index (χ4n) is 9.49. The Bertz CT molecular complexity index is 2540. The minimum Gasteiger partial charge on any atom is -0.462 e. The highest BCUT2D eigenvalue weighted by Gasteiger charge is 2.45. The first-order chi connectivity index (χ1) is 29.1. The van der Waals surface area contributed by atoms with Crippen LogP contribution < -0.4 is 9.64 Å². The van der Waals surface area contributed by atoms with Crippen LogP contribution in [0.3, 0.4) is 0 Å². The molecule has 3 heterocycles. The summed E-state index contributed by atoms with van der Waals surface area (Å²) in [5.41, 5.74) is 1.95. The molecular formula is C48H48N2O10. The van der Waals surface area contributed by atoms with Crippen LogP contribution in [-0.4, -0.2) is 92.8 Å². The summed E-state index contributed by atoms with van der Waals surface area (Å²) in [4.78, 5) is 58.9. The van der Waals surface area contributed by atoms with E-state index in [2.05, 4.69) is 6.92 Å². The molecular weight excluding hydrogens is 765 g/mol. The lowest BCUT2D eigenvalue weighted by molar-refractivity contribution is -0.277. The van der Waals surface area contributed by atoms with Gasteiger partial charge in [-0.3, -0.25) is 24.1 Å². The van der Waals surface area contributed by atoms with E-state index in [-0.39, 0.29) is 23.3 Å². The highest BCUT2D eigenvalue weighted by Crippen LogP contribution is 2.46. The summed E-state index contributed by atoms with van der Waals surface area (Å²) in [7, 11) is 0. The van der Waals surface area contributed by atoms with Crippen LogP contribution in [0.5, 0.6) is 5.75 Å². The molecule has 310 valence electrons. The van der Waals surface area contributed by atoms with Crippen molar-refractivity contribution in [2.45, 2.75) is 102 Å². The zero-order valence-electron chi connectivity index (χ0n) is 33.4. The van der Waals surface area contributed by atoms with Gasteiger partial charge in [-0.25, -0.2) is 4.90 Å². The third-order valence-corrected chi connectivity index (χ3v) is 12.7. The van der Waals surface area contributed by atoms with E-state index in [1.54, 1.807) is 24.3 Å². The van der Waals surface area contributed by atoms with Crippen LogP contribution in [0.1, 0.15) is 113 Å². The standard InChI is InChI=1S/C48H48N2O10/c1-2-3-4-5-6-7-8-9-10-11-24-49-44(55)32-20-16-28-30-18-22-34-40-35(23-19-31(38(30)40)29-17-21-33(45(49)56)39(32)37(28)29)47(58)50(46(34)57)26-12-14-27(15-13-26)59-48-43(54)42(53)41(52)36(25-51)60-48/h12-23,36,41-43,48,51-54H,2-11,24-25H2,1H3/t36-,41-,42+,43-,48-/m1/s1. The Morgan fingerprint density at radius 3 is 1.45 bits per heavy atom. The lowest BCUT2D eigenvalue weighted by Gasteiger charge is -2.39. The van der Waals surface area contributed by atoms with Crippen molar-refractivity contribution in [1.82, 2.24) is 4.90 Å². The third kappa shape index (κ3) is 6.49. The Hall–Kier alpha value is -5.50. The zero-order chi connectivity index (χ0) is 41.8. The Balaban J connectivity index is 0.981. The zero-order valence-corrected chi connectivity index (χ0v) is 33.4. The molecule has 1 saturated heterocycles. The van der Waals surface area contributed by atoms with Crippen molar-refractivity contribution in [3.63, 3.8) is 0 Å². The van der Waals surface area contributed by atoms with Gasteiger partial charge in [-0.15, -0.1) is 0 Å². The largest absolute Gasteiger partial charge is 0.462 e. The third-order valence-electron chi connectivity index (χ3n) is 12.7. The highest BCUT2D eigenvalue weighted by molar-refractivity contribution is 6.43. The molecule has 6 aromatic carbocycles. The summed E-state index contributed by atoms with van der Waals surface area (Å²) in [5, 5.41) is 46.2. The molecule has 60 heavy (non-hydrogen) atoms. The Labute approximate surface area is 346 Å². The molecule has 3 aliphatic heterocycles. The minimum absolute atomic E-state index is 0.183. The second-order valence-electron chi connectivity index (χ2n) is 16.3. The number of nitrogens with zero attached hydrogens (tertiary/aromatic N) is 2. The van der Waals surface area contributed by atoms with Gasteiger partial charge in [0, 0.05) is 39.6 Å². The van der Waals surface area contributed by atoms with Crippen molar-refractivity contribution in [3.05, 3.63) is 95.1 Å². The van der Waals surface area contributed by atoms with Crippen LogP contribution >= 0.6 is 0 Å². The van der Waals surface area contributed by atoms with Crippen molar-refractivity contribution < 1.29 is 49.1 Å². The molecule has 1 fully saturated rings. The van der Waals surface area contributed by atoms with Gasteiger partial charge >= 0.3 is 0 Å². The van der Waals surface area contributed by atoms with E-state index in [0.29, 0.717) is 39.6 Å². The number of hydrogen-bond donors (Lipinski definition) is 4. The van der Waals surface area contributed by atoms with Gasteiger partial charge in [0.05, 0.1) is 12.3 Å². The Morgan fingerprint density at radius 2 is 0.983 bits per heavy atom. The Morgan fingerprint density at radius 1 is 0.533 bits per heavy atom. The number of imide groups is 2. The Kier molecular flexibility index (Phi) is 10.8. The van der Waals surface area contributed by atoms with E-state index < -0.39 is 49.1 Å². The minimum atomic E-state index is -1.61. The number of unbranched alkanes of at least 4 members (excludes halogenated alkanes) is 9. The molecule has 12 heteroatoms. The van der Waals surface area contributed by atoms with Gasteiger partial charge in [0.25, 0.3) is 23.6 Å². The fraction of sp³-hybridized carbons (Fsp3) is 0.375. The normalized spacial score (nSPS) is 21.7. The summed E-state index contributed by atoms with van der Waals surface area (Å²) in [6.45, 7) is 2.00. The lowest BCUT2D eigenvalue weighted by Crippen LogP contribution is -2.60. The first-order valence-corrected chi connectivity index (χ1v) is 21.2. The van der Waals surface area contributed by atoms with Gasteiger partial charge in [-0.2, -0.15) is 0 Å². The molecule has 0 aromatic heterocycles. The van der Waals surface area contributed by atoms with Gasteiger partial charge in [0.2, 0.25) is 6.29 Å². The summed E-state index contributed by atoms with van der Waals surface area (Å²) in [6, 6.07) is 20.6. The van der Waals surface area contributed by atoms with E-state index in [4.69, 9.17) is 9.47 Å². The van der Waals surface area contributed by atoms with E-state index in [1.807, 2.05) is 24.3 Å². The first-order valence-electron chi connectivity index (χ1n) is 21.2. The molecule has 5 atom stereocenters. The molecule has 3 aliphatic rings. The van der Waals surface area contributed by atoms with Crippen LogP contribution in [0.4, 0.5) is 5.69 Å². The van der Waals surface area contributed by atoms with Crippen LogP contribution in [-0.2, 0) is 4.74 Å². The molecule has 0 saturated carbocycles. The van der Waals surface area contributed by atoms with Crippen molar-refractivity contribution in [2.75, 3.05) is 18.1 Å². The number of carbonyl (C=O) groups excluding carboxylic acids is 4. The SMILES string of the molecule is CCCCCCCCCCCCN1C(=O)c2ccc3c4ccc5c6c(ccc(c7ccc(c2c37)C1=O)c64)C(=O)N(c1ccc(O[C@@H]2O[C@H](CO)[C@@H](O)[C@H](O)[C@H]2O)cc1)C5=O. The second-order valence-corrected chi connectivity index (χ2v) is 16.3. The maximum Gasteiger partial charge on any atom is 0.265 e. The summed E-state index contributed by atoms with van der Waals surface area (Å²) < 4.78 is 11.2. The first kappa shape index (κ1) is 39.9. The maximum atomic E-state index is 14.2. The number of rotatable bonds is 15. The van der Waals surface area contributed by atoms with Gasteiger partial charge < -0.3 is 29.9 Å². The summed E-state index contributed by atoms with van der Waals surface area (Å²) >= 11 is 0. The van der Waals surface area contributed by atoms with Crippen LogP contribution in [0, 0.1) is 0 Å². The number of ether oxygens (including phenoxy) is 2. The fourth-order valence-corrected chi connectivity index (χ4v) is 9.49. The number of aliphatic hydroxyl groups excluding tert-OH is 4.